The maximum absolute atomic E-state index is 12.3. The molecule has 1 unspecified atom stereocenters. The van der Waals surface area contributed by atoms with Crippen LogP contribution in [0.5, 0.6) is 0 Å². The highest BCUT2D eigenvalue weighted by molar-refractivity contribution is 5.89. The standard InChI is InChI=1S/C17H21NO4/c1-17(7-4-8-22-17)16(21)18-12-9-11(10-12)13-5-2-3-6-14(13)15(19)20/h2-3,5-6,11-12H,4,7-10H2,1H3,(H,18,21)(H,19,20). The molecule has 118 valence electrons. The van der Waals surface area contributed by atoms with E-state index in [9.17, 15) is 14.7 Å². The summed E-state index contributed by atoms with van der Waals surface area (Å²) in [6, 6.07) is 7.22. The number of aromatic carboxylic acids is 1. The number of rotatable bonds is 4. The lowest BCUT2D eigenvalue weighted by Crippen LogP contribution is -2.51. The molecule has 1 saturated carbocycles. The number of ether oxygens (including phenoxy) is 1. The van der Waals surface area contributed by atoms with Gasteiger partial charge in [0.2, 0.25) is 0 Å². The Morgan fingerprint density at radius 2 is 2.05 bits per heavy atom. The first-order valence-electron chi connectivity index (χ1n) is 7.77. The average Bonchev–Trinajstić information content (AvgIpc) is 2.90. The molecule has 1 aliphatic carbocycles. The molecular formula is C17H21NO4. The van der Waals surface area contributed by atoms with E-state index >= 15 is 0 Å². The smallest absolute Gasteiger partial charge is 0.335 e. The van der Waals surface area contributed by atoms with Crippen LogP contribution in [0.4, 0.5) is 0 Å². The van der Waals surface area contributed by atoms with E-state index in [1.54, 1.807) is 12.1 Å². The molecule has 1 heterocycles. The maximum Gasteiger partial charge on any atom is 0.335 e. The second-order valence-corrected chi connectivity index (χ2v) is 6.41. The molecule has 2 fully saturated rings. The van der Waals surface area contributed by atoms with Crippen molar-refractivity contribution in [1.82, 2.24) is 5.32 Å². The van der Waals surface area contributed by atoms with Gasteiger partial charge in [0.15, 0.2) is 0 Å². The zero-order valence-corrected chi connectivity index (χ0v) is 12.7. The molecule has 0 radical (unpaired) electrons. The van der Waals surface area contributed by atoms with Gasteiger partial charge in [-0.15, -0.1) is 0 Å². The van der Waals surface area contributed by atoms with Crippen LogP contribution in [0, 0.1) is 0 Å². The van der Waals surface area contributed by atoms with Crippen LogP contribution in [0.25, 0.3) is 0 Å². The minimum atomic E-state index is -0.894. The molecule has 2 N–H and O–H groups in total. The van der Waals surface area contributed by atoms with E-state index in [0.29, 0.717) is 12.2 Å². The Morgan fingerprint density at radius 3 is 2.68 bits per heavy atom. The molecule has 0 spiro atoms. The van der Waals surface area contributed by atoms with Gasteiger partial charge in [0.05, 0.1) is 5.56 Å². The summed E-state index contributed by atoms with van der Waals surface area (Å²) in [4.78, 5) is 23.5. The Labute approximate surface area is 129 Å². The second kappa shape index (κ2) is 5.72. The molecule has 0 bridgehead atoms. The van der Waals surface area contributed by atoms with E-state index in [0.717, 1.165) is 31.2 Å². The largest absolute Gasteiger partial charge is 0.478 e. The fourth-order valence-electron chi connectivity index (χ4n) is 3.33. The maximum atomic E-state index is 12.3. The number of carbonyl (C=O) groups is 2. The Balaban J connectivity index is 1.59. The van der Waals surface area contributed by atoms with Gasteiger partial charge in [-0.1, -0.05) is 18.2 Å². The van der Waals surface area contributed by atoms with Crippen molar-refractivity contribution < 1.29 is 19.4 Å². The predicted octanol–water partition coefficient (Wildman–Crippen LogP) is 2.32. The number of benzene rings is 1. The van der Waals surface area contributed by atoms with Gasteiger partial charge in [-0.3, -0.25) is 4.79 Å². The van der Waals surface area contributed by atoms with Crippen molar-refractivity contribution in [3.63, 3.8) is 0 Å². The summed E-state index contributed by atoms with van der Waals surface area (Å²) >= 11 is 0. The Kier molecular flexibility index (Phi) is 3.91. The van der Waals surface area contributed by atoms with E-state index in [1.807, 2.05) is 19.1 Å². The van der Waals surface area contributed by atoms with Gasteiger partial charge < -0.3 is 15.2 Å². The third kappa shape index (κ3) is 2.73. The van der Waals surface area contributed by atoms with Crippen LogP contribution in [0.15, 0.2) is 24.3 Å². The first-order valence-corrected chi connectivity index (χ1v) is 7.77. The minimum Gasteiger partial charge on any atom is -0.478 e. The number of carbonyl (C=O) groups excluding carboxylic acids is 1. The van der Waals surface area contributed by atoms with Crippen LogP contribution in [0.2, 0.25) is 0 Å². The van der Waals surface area contributed by atoms with Crippen molar-refractivity contribution >= 4 is 11.9 Å². The summed E-state index contributed by atoms with van der Waals surface area (Å²) in [5.74, 6) is -0.732. The highest BCUT2D eigenvalue weighted by atomic mass is 16.5. The molecule has 22 heavy (non-hydrogen) atoms. The fraction of sp³-hybridized carbons (Fsp3) is 0.529. The van der Waals surface area contributed by atoms with Crippen molar-refractivity contribution in [2.75, 3.05) is 6.61 Å². The Bertz CT molecular complexity index is 586. The van der Waals surface area contributed by atoms with E-state index in [-0.39, 0.29) is 17.9 Å². The van der Waals surface area contributed by atoms with Crippen molar-refractivity contribution in [1.29, 1.82) is 0 Å². The van der Waals surface area contributed by atoms with Gasteiger partial charge in [0.1, 0.15) is 5.60 Å². The molecule has 5 nitrogen and oxygen atoms in total. The topological polar surface area (TPSA) is 75.6 Å². The van der Waals surface area contributed by atoms with Gasteiger partial charge in [-0.05, 0) is 50.2 Å². The zero-order valence-electron chi connectivity index (χ0n) is 12.7. The third-order valence-corrected chi connectivity index (χ3v) is 4.80. The van der Waals surface area contributed by atoms with Gasteiger partial charge in [-0.25, -0.2) is 4.79 Å². The van der Waals surface area contributed by atoms with Crippen molar-refractivity contribution in [3.05, 3.63) is 35.4 Å². The molecule has 3 rings (SSSR count). The lowest BCUT2D eigenvalue weighted by atomic mass is 9.74. The van der Waals surface area contributed by atoms with Crippen LogP contribution in [-0.4, -0.2) is 35.2 Å². The van der Waals surface area contributed by atoms with E-state index in [4.69, 9.17) is 4.74 Å². The molecule has 1 aromatic carbocycles. The Morgan fingerprint density at radius 1 is 1.32 bits per heavy atom. The molecule has 1 amide bonds. The van der Waals surface area contributed by atoms with Gasteiger partial charge in [0.25, 0.3) is 5.91 Å². The summed E-state index contributed by atoms with van der Waals surface area (Å²) in [6.07, 6.45) is 3.25. The quantitative estimate of drug-likeness (QED) is 0.895. The number of hydrogen-bond acceptors (Lipinski definition) is 3. The molecule has 1 saturated heterocycles. The summed E-state index contributed by atoms with van der Waals surface area (Å²) in [6.45, 7) is 2.48. The third-order valence-electron chi connectivity index (χ3n) is 4.80. The average molecular weight is 303 g/mol. The first kappa shape index (κ1) is 15.0. The molecule has 1 aromatic rings. The fourth-order valence-corrected chi connectivity index (χ4v) is 3.33. The van der Waals surface area contributed by atoms with Crippen molar-refractivity contribution in [2.45, 2.75) is 50.2 Å². The second-order valence-electron chi connectivity index (χ2n) is 6.41. The lowest BCUT2D eigenvalue weighted by Gasteiger charge is -2.38. The number of carboxylic acids is 1. The van der Waals surface area contributed by atoms with Crippen molar-refractivity contribution in [2.24, 2.45) is 0 Å². The van der Waals surface area contributed by atoms with E-state index in [2.05, 4.69) is 5.32 Å². The van der Waals surface area contributed by atoms with Gasteiger partial charge in [0, 0.05) is 12.6 Å². The zero-order chi connectivity index (χ0) is 15.7. The molecule has 0 aromatic heterocycles. The molecule has 1 aliphatic heterocycles. The van der Waals surface area contributed by atoms with Gasteiger partial charge >= 0.3 is 5.97 Å². The van der Waals surface area contributed by atoms with Crippen LogP contribution in [-0.2, 0) is 9.53 Å². The molecule has 5 heteroatoms. The summed E-state index contributed by atoms with van der Waals surface area (Å²) in [7, 11) is 0. The van der Waals surface area contributed by atoms with E-state index in [1.165, 1.54) is 0 Å². The lowest BCUT2D eigenvalue weighted by molar-refractivity contribution is -0.141. The minimum absolute atomic E-state index is 0.0417. The number of nitrogens with one attached hydrogen (secondary N) is 1. The Hall–Kier alpha value is -1.88. The van der Waals surface area contributed by atoms with E-state index < -0.39 is 11.6 Å². The summed E-state index contributed by atoms with van der Waals surface area (Å²) < 4.78 is 5.54. The highest BCUT2D eigenvalue weighted by Gasteiger charge is 2.41. The highest BCUT2D eigenvalue weighted by Crippen LogP contribution is 2.39. The monoisotopic (exact) mass is 303 g/mol. The number of hydrogen-bond donors (Lipinski definition) is 2. The van der Waals surface area contributed by atoms with Crippen LogP contribution >= 0.6 is 0 Å². The summed E-state index contributed by atoms with van der Waals surface area (Å²) in [5, 5.41) is 12.3. The van der Waals surface area contributed by atoms with Crippen LogP contribution in [0.1, 0.15) is 54.4 Å². The van der Waals surface area contributed by atoms with Crippen molar-refractivity contribution in [3.8, 4) is 0 Å². The first-order chi connectivity index (χ1) is 10.5. The van der Waals surface area contributed by atoms with Crippen LogP contribution in [0.3, 0.4) is 0 Å². The number of amides is 1. The van der Waals surface area contributed by atoms with Crippen LogP contribution < -0.4 is 5.32 Å². The molecule has 2 aliphatic rings. The SMILES string of the molecule is CC1(C(=O)NC2CC(c3ccccc3C(=O)O)C2)CCCO1. The molecule has 1 atom stereocenters. The van der Waals surface area contributed by atoms with Gasteiger partial charge in [-0.2, -0.15) is 0 Å². The molecular weight excluding hydrogens is 282 g/mol. The summed E-state index contributed by atoms with van der Waals surface area (Å²) in [5.41, 5.74) is 0.538. The normalized spacial score (nSPS) is 30.6. The predicted molar refractivity (Wildman–Crippen MR) is 80.9 cm³/mol. The number of carboxylic acid groups (broad SMARTS) is 1.